The molecule has 0 fully saturated rings. The summed E-state index contributed by atoms with van der Waals surface area (Å²) in [5, 5.41) is 11.0. The Hall–Kier alpha value is -2.68. The molecule has 1 aliphatic rings. The molecule has 2 aromatic rings. The van der Waals surface area contributed by atoms with Gasteiger partial charge in [0.15, 0.2) is 0 Å². The molecule has 2 aromatic carbocycles. The van der Waals surface area contributed by atoms with Crippen molar-refractivity contribution >= 4 is 23.8 Å². The van der Waals surface area contributed by atoms with Gasteiger partial charge in [-0.1, -0.05) is 48.5 Å². The molecule has 9 heteroatoms. The molecule has 5 nitrogen and oxygen atoms in total. The van der Waals surface area contributed by atoms with Crippen molar-refractivity contribution < 1.29 is 32.6 Å². The summed E-state index contributed by atoms with van der Waals surface area (Å²) in [5.41, 5.74) is -0.594. The van der Waals surface area contributed by atoms with Crippen molar-refractivity contribution in [3.05, 3.63) is 59.7 Å². The molecule has 1 aliphatic carbocycles. The number of aliphatic carboxylic acids is 1. The van der Waals surface area contributed by atoms with Gasteiger partial charge in [-0.3, -0.25) is 0 Å². The summed E-state index contributed by atoms with van der Waals surface area (Å²) < 4.78 is 42.0. The van der Waals surface area contributed by atoms with Gasteiger partial charge in [-0.25, -0.2) is 9.59 Å². The number of alkyl carbamates (subject to hydrolysis) is 1. The fourth-order valence-corrected chi connectivity index (χ4v) is 3.72. The lowest BCUT2D eigenvalue weighted by Crippen LogP contribution is -2.43. The Morgan fingerprint density at radius 1 is 1.07 bits per heavy atom. The molecule has 1 amide bonds. The fourth-order valence-electron chi connectivity index (χ4n) is 3.13. The zero-order valence-electron chi connectivity index (χ0n) is 14.4. The van der Waals surface area contributed by atoms with Gasteiger partial charge in [0.05, 0.1) is 0 Å². The Balaban J connectivity index is 1.65. The summed E-state index contributed by atoms with van der Waals surface area (Å²) in [7, 11) is 0. The number of fused-ring (bicyclic) bond motifs is 3. The summed E-state index contributed by atoms with van der Waals surface area (Å²) >= 11 is -0.514. The first-order valence-electron chi connectivity index (χ1n) is 8.31. The normalized spacial score (nSPS) is 14.1. The first-order valence-corrected chi connectivity index (χ1v) is 9.30. The molecule has 1 atom stereocenters. The van der Waals surface area contributed by atoms with Gasteiger partial charge in [-0.2, -0.15) is 13.2 Å². The lowest BCUT2D eigenvalue weighted by Gasteiger charge is -2.17. The molecule has 0 spiro atoms. The molecule has 0 saturated heterocycles. The molecular formula is C19H16F3NO4S. The average Bonchev–Trinajstić information content (AvgIpc) is 2.96. The molecule has 0 radical (unpaired) electrons. The number of thioether (sulfide) groups is 1. The second kappa shape index (κ2) is 8.14. The Morgan fingerprint density at radius 2 is 1.61 bits per heavy atom. The monoisotopic (exact) mass is 411 g/mol. The molecule has 28 heavy (non-hydrogen) atoms. The van der Waals surface area contributed by atoms with E-state index in [0.29, 0.717) is 0 Å². The number of carbonyl (C=O) groups is 2. The molecule has 148 valence electrons. The van der Waals surface area contributed by atoms with Gasteiger partial charge < -0.3 is 15.2 Å². The molecule has 0 unspecified atom stereocenters. The van der Waals surface area contributed by atoms with Crippen LogP contribution in [-0.4, -0.2) is 41.1 Å². The van der Waals surface area contributed by atoms with Crippen molar-refractivity contribution in [1.82, 2.24) is 5.32 Å². The van der Waals surface area contributed by atoms with E-state index < -0.39 is 41.1 Å². The van der Waals surface area contributed by atoms with Crippen LogP contribution in [0.4, 0.5) is 18.0 Å². The largest absolute Gasteiger partial charge is 0.480 e. The van der Waals surface area contributed by atoms with E-state index >= 15 is 0 Å². The van der Waals surface area contributed by atoms with Crippen LogP contribution >= 0.6 is 11.8 Å². The summed E-state index contributed by atoms with van der Waals surface area (Å²) in [5.74, 6) is -2.64. The topological polar surface area (TPSA) is 75.6 Å². The van der Waals surface area contributed by atoms with Crippen LogP contribution < -0.4 is 5.32 Å². The quantitative estimate of drug-likeness (QED) is 0.744. The number of hydrogen-bond acceptors (Lipinski definition) is 4. The minimum atomic E-state index is -4.59. The van der Waals surface area contributed by atoms with Gasteiger partial charge in [-0.05, 0) is 34.0 Å². The third kappa shape index (κ3) is 4.59. The molecular weight excluding hydrogens is 395 g/mol. The SMILES string of the molecule is O=C(N[C@@H](CSC(F)(F)F)C(=O)O)OCC1c2ccccc2-c2ccccc21. The third-order valence-electron chi connectivity index (χ3n) is 4.35. The maximum Gasteiger partial charge on any atom is 0.441 e. The van der Waals surface area contributed by atoms with Crippen molar-refractivity contribution in [2.45, 2.75) is 17.5 Å². The maximum absolute atomic E-state index is 12.3. The molecule has 0 aliphatic heterocycles. The van der Waals surface area contributed by atoms with Crippen LogP contribution in [-0.2, 0) is 9.53 Å². The van der Waals surface area contributed by atoms with E-state index in [9.17, 15) is 22.8 Å². The predicted octanol–water partition coefficient (Wildman–Crippen LogP) is 4.23. The first-order chi connectivity index (χ1) is 13.3. The van der Waals surface area contributed by atoms with E-state index in [2.05, 4.69) is 0 Å². The second-order valence-electron chi connectivity index (χ2n) is 6.12. The number of rotatable bonds is 6. The van der Waals surface area contributed by atoms with E-state index in [0.717, 1.165) is 22.3 Å². The summed E-state index contributed by atoms with van der Waals surface area (Å²) in [6, 6.07) is 13.6. The number of carbonyl (C=O) groups excluding carboxylic acids is 1. The van der Waals surface area contributed by atoms with E-state index in [1.54, 1.807) is 0 Å². The minimum absolute atomic E-state index is 0.0569. The first kappa shape index (κ1) is 20.1. The lowest BCUT2D eigenvalue weighted by atomic mass is 9.98. The van der Waals surface area contributed by atoms with Crippen LogP contribution in [0, 0.1) is 0 Å². The van der Waals surface area contributed by atoms with Gasteiger partial charge in [-0.15, -0.1) is 0 Å². The molecule has 0 aromatic heterocycles. The Bertz CT molecular complexity index is 842. The van der Waals surface area contributed by atoms with Crippen LogP contribution in [0.3, 0.4) is 0 Å². The Kier molecular flexibility index (Phi) is 5.83. The van der Waals surface area contributed by atoms with Crippen molar-refractivity contribution in [3.8, 4) is 11.1 Å². The third-order valence-corrected chi connectivity index (χ3v) is 5.17. The lowest BCUT2D eigenvalue weighted by molar-refractivity contribution is -0.138. The van der Waals surface area contributed by atoms with E-state index in [4.69, 9.17) is 9.84 Å². The molecule has 0 heterocycles. The van der Waals surface area contributed by atoms with Gasteiger partial charge in [0, 0.05) is 11.7 Å². The van der Waals surface area contributed by atoms with Gasteiger partial charge in [0.2, 0.25) is 0 Å². The van der Waals surface area contributed by atoms with Crippen molar-refractivity contribution in [2.75, 3.05) is 12.4 Å². The van der Waals surface area contributed by atoms with Crippen LogP contribution in [0.5, 0.6) is 0 Å². The number of benzene rings is 2. The van der Waals surface area contributed by atoms with Crippen molar-refractivity contribution in [1.29, 1.82) is 0 Å². The Labute approximate surface area is 162 Å². The second-order valence-corrected chi connectivity index (χ2v) is 7.20. The number of alkyl halides is 3. The highest BCUT2D eigenvalue weighted by Gasteiger charge is 2.33. The number of carboxylic acid groups (broad SMARTS) is 1. The minimum Gasteiger partial charge on any atom is -0.480 e. The Morgan fingerprint density at radius 3 is 2.11 bits per heavy atom. The smallest absolute Gasteiger partial charge is 0.441 e. The maximum atomic E-state index is 12.3. The molecule has 2 N–H and O–H groups in total. The highest BCUT2D eigenvalue weighted by molar-refractivity contribution is 8.00. The molecule has 0 bridgehead atoms. The van der Waals surface area contributed by atoms with Crippen molar-refractivity contribution in [2.24, 2.45) is 0 Å². The van der Waals surface area contributed by atoms with E-state index in [-0.39, 0.29) is 12.5 Å². The van der Waals surface area contributed by atoms with Gasteiger partial charge >= 0.3 is 17.6 Å². The number of amides is 1. The fraction of sp³-hybridized carbons (Fsp3) is 0.263. The number of ether oxygens (including phenoxy) is 1. The van der Waals surface area contributed by atoms with Crippen LogP contribution in [0.1, 0.15) is 17.0 Å². The molecule has 3 rings (SSSR count). The number of nitrogens with one attached hydrogen (secondary N) is 1. The van der Waals surface area contributed by atoms with Crippen LogP contribution in [0.15, 0.2) is 48.5 Å². The van der Waals surface area contributed by atoms with Gasteiger partial charge in [0.25, 0.3) is 0 Å². The standard InChI is InChI=1S/C19H16F3NO4S/c20-19(21,22)28-10-16(17(24)25)23-18(26)27-9-15-13-7-3-1-5-11(13)12-6-2-4-8-14(12)15/h1-8,15-16H,9-10H2,(H,23,26)(H,24,25)/t16-/m0/s1. The van der Waals surface area contributed by atoms with Crippen molar-refractivity contribution in [3.63, 3.8) is 0 Å². The van der Waals surface area contributed by atoms with E-state index in [1.807, 2.05) is 53.8 Å². The van der Waals surface area contributed by atoms with Gasteiger partial charge in [0.1, 0.15) is 12.6 Å². The molecule has 0 saturated carbocycles. The number of hydrogen-bond donors (Lipinski definition) is 2. The summed E-state index contributed by atoms with van der Waals surface area (Å²) in [6.07, 6.45) is -1.07. The number of halogens is 3. The van der Waals surface area contributed by atoms with Crippen LogP contribution in [0.2, 0.25) is 0 Å². The zero-order chi connectivity index (χ0) is 20.3. The van der Waals surface area contributed by atoms with E-state index in [1.165, 1.54) is 0 Å². The zero-order valence-corrected chi connectivity index (χ0v) is 15.2. The summed E-state index contributed by atoms with van der Waals surface area (Å²) in [6.45, 7) is -0.0569. The summed E-state index contributed by atoms with van der Waals surface area (Å²) in [4.78, 5) is 23.1. The average molecular weight is 411 g/mol. The number of carboxylic acids is 1. The predicted molar refractivity (Wildman–Crippen MR) is 98.1 cm³/mol. The highest BCUT2D eigenvalue weighted by atomic mass is 32.2. The van der Waals surface area contributed by atoms with Crippen LogP contribution in [0.25, 0.3) is 11.1 Å². The highest BCUT2D eigenvalue weighted by Crippen LogP contribution is 2.44.